The fourth-order valence-electron chi connectivity index (χ4n) is 4.79. The van der Waals surface area contributed by atoms with E-state index in [4.69, 9.17) is 9.47 Å². The van der Waals surface area contributed by atoms with E-state index in [1.807, 2.05) is 41.3 Å². The first kappa shape index (κ1) is 24.7. The molecule has 8 heteroatoms. The summed E-state index contributed by atoms with van der Waals surface area (Å²) >= 11 is 1.73. The van der Waals surface area contributed by atoms with Gasteiger partial charge in [-0.25, -0.2) is 0 Å². The molecule has 3 heterocycles. The number of hydrogen-bond acceptors (Lipinski definition) is 6. The summed E-state index contributed by atoms with van der Waals surface area (Å²) in [7, 11) is 0. The van der Waals surface area contributed by atoms with E-state index in [1.165, 1.54) is 5.56 Å². The van der Waals surface area contributed by atoms with Crippen molar-refractivity contribution in [3.63, 3.8) is 0 Å². The lowest BCUT2D eigenvalue weighted by Gasteiger charge is -2.35. The summed E-state index contributed by atoms with van der Waals surface area (Å²) in [5, 5.41) is 10.3. The quantitative estimate of drug-likeness (QED) is 0.437. The highest BCUT2D eigenvalue weighted by Gasteiger charge is 2.27. The van der Waals surface area contributed by atoms with Crippen molar-refractivity contribution in [3.8, 4) is 11.8 Å². The molecular formula is C28H32N4O3S. The Morgan fingerprint density at radius 3 is 2.75 bits per heavy atom. The molecule has 1 aromatic heterocycles. The Labute approximate surface area is 216 Å². The molecule has 0 radical (unpaired) electrons. The van der Waals surface area contributed by atoms with Gasteiger partial charge in [-0.3, -0.25) is 9.69 Å². The Morgan fingerprint density at radius 2 is 2.03 bits per heavy atom. The van der Waals surface area contributed by atoms with Crippen LogP contribution in [-0.4, -0.2) is 78.5 Å². The van der Waals surface area contributed by atoms with Crippen LogP contribution in [0, 0.1) is 11.3 Å². The smallest absolute Gasteiger partial charge is 0.257 e. The van der Waals surface area contributed by atoms with Crippen LogP contribution in [0.5, 0.6) is 5.75 Å². The summed E-state index contributed by atoms with van der Waals surface area (Å²) in [6, 6.07) is 14.0. The molecule has 0 atom stereocenters. The summed E-state index contributed by atoms with van der Waals surface area (Å²) in [5.74, 6) is 1.67. The molecule has 2 fully saturated rings. The Morgan fingerprint density at radius 1 is 1.19 bits per heavy atom. The van der Waals surface area contributed by atoms with Gasteiger partial charge in [0, 0.05) is 48.2 Å². The van der Waals surface area contributed by atoms with E-state index in [2.05, 4.69) is 29.1 Å². The van der Waals surface area contributed by atoms with Gasteiger partial charge in [0.05, 0.1) is 30.4 Å². The molecule has 0 saturated carbocycles. The van der Waals surface area contributed by atoms with Gasteiger partial charge >= 0.3 is 0 Å². The second-order valence-electron chi connectivity index (χ2n) is 9.29. The highest BCUT2D eigenvalue weighted by molar-refractivity contribution is 7.99. The van der Waals surface area contributed by atoms with Gasteiger partial charge in [-0.05, 0) is 67.1 Å². The molecule has 2 saturated heterocycles. The number of nitrogens with one attached hydrogen (secondary N) is 1. The maximum absolute atomic E-state index is 13.5. The number of hydrogen-bond donors (Lipinski definition) is 1. The van der Waals surface area contributed by atoms with Gasteiger partial charge < -0.3 is 19.4 Å². The molecule has 36 heavy (non-hydrogen) atoms. The second kappa shape index (κ2) is 11.4. The number of amides is 1. The third kappa shape index (κ3) is 5.54. The summed E-state index contributed by atoms with van der Waals surface area (Å²) in [6.07, 6.45) is 4.08. The molecule has 0 aliphatic carbocycles. The number of aromatic nitrogens is 1. The van der Waals surface area contributed by atoms with Crippen LogP contribution in [0.4, 0.5) is 0 Å². The summed E-state index contributed by atoms with van der Waals surface area (Å²) in [6.45, 7) is 7.44. The number of thioether (sulfide) groups is 1. The van der Waals surface area contributed by atoms with E-state index in [0.29, 0.717) is 43.2 Å². The van der Waals surface area contributed by atoms with E-state index in [9.17, 15) is 10.1 Å². The maximum atomic E-state index is 13.5. The van der Waals surface area contributed by atoms with Crippen molar-refractivity contribution in [2.45, 2.75) is 30.8 Å². The highest BCUT2D eigenvalue weighted by atomic mass is 32.2. The summed E-state index contributed by atoms with van der Waals surface area (Å²) in [4.78, 5) is 22.3. The number of piperazine rings is 1. The van der Waals surface area contributed by atoms with Crippen LogP contribution >= 0.6 is 11.8 Å². The molecule has 0 spiro atoms. The monoisotopic (exact) mass is 504 g/mol. The minimum atomic E-state index is 0.0294. The number of ether oxygens (including phenoxy) is 2. The number of nitrogens with zero attached hydrogens (tertiary/aromatic N) is 3. The molecule has 3 aromatic rings. The number of benzene rings is 2. The minimum absolute atomic E-state index is 0.0294. The predicted octanol–water partition coefficient (Wildman–Crippen LogP) is 4.32. The van der Waals surface area contributed by atoms with Crippen LogP contribution in [0.3, 0.4) is 0 Å². The zero-order valence-corrected chi connectivity index (χ0v) is 21.5. The third-order valence-corrected chi connectivity index (χ3v) is 7.75. The Bertz CT molecular complexity index is 1260. The molecule has 0 unspecified atom stereocenters. The predicted molar refractivity (Wildman–Crippen MR) is 142 cm³/mol. The van der Waals surface area contributed by atoms with E-state index in [-0.39, 0.29) is 12.0 Å². The standard InChI is InChI=1S/C28H32N4O3S/c1-2-36-23-6-8-27(35-22-18-34-19-22)25(15-23)28(33)32-12-10-31(11-13-32)9-3-4-21-17-30-26-7-5-20(16-29)14-24(21)26/h5-8,14-15,17,22,30H,2-4,9-13,18-19H2,1H3. The van der Waals surface area contributed by atoms with Gasteiger partial charge in [0.15, 0.2) is 0 Å². The van der Waals surface area contributed by atoms with Crippen molar-refractivity contribution in [1.29, 1.82) is 5.26 Å². The fraction of sp³-hybridized carbons (Fsp3) is 0.429. The van der Waals surface area contributed by atoms with Crippen LogP contribution in [0.2, 0.25) is 0 Å². The van der Waals surface area contributed by atoms with Gasteiger partial charge in [-0.15, -0.1) is 11.8 Å². The third-order valence-electron chi connectivity index (χ3n) is 6.87. The summed E-state index contributed by atoms with van der Waals surface area (Å²) in [5.41, 5.74) is 3.68. The lowest BCUT2D eigenvalue weighted by molar-refractivity contribution is -0.0799. The number of nitriles is 1. The number of fused-ring (bicyclic) bond motifs is 1. The fourth-order valence-corrected chi connectivity index (χ4v) is 5.49. The van der Waals surface area contributed by atoms with Crippen molar-refractivity contribution >= 4 is 28.6 Å². The van der Waals surface area contributed by atoms with Crippen molar-refractivity contribution in [2.24, 2.45) is 0 Å². The van der Waals surface area contributed by atoms with Crippen molar-refractivity contribution in [2.75, 3.05) is 51.7 Å². The molecule has 0 bridgehead atoms. The first-order valence-corrected chi connectivity index (χ1v) is 13.7. The van der Waals surface area contributed by atoms with Crippen molar-refractivity contribution in [1.82, 2.24) is 14.8 Å². The second-order valence-corrected chi connectivity index (χ2v) is 10.6. The largest absolute Gasteiger partial charge is 0.485 e. The number of carbonyl (C=O) groups excluding carboxylic acids is 1. The van der Waals surface area contributed by atoms with E-state index >= 15 is 0 Å². The molecule has 5 rings (SSSR count). The van der Waals surface area contributed by atoms with Crippen LogP contribution < -0.4 is 4.74 Å². The normalized spacial score (nSPS) is 16.6. The Kier molecular flexibility index (Phi) is 7.81. The molecule has 7 nitrogen and oxygen atoms in total. The van der Waals surface area contributed by atoms with Crippen LogP contribution in [0.1, 0.15) is 34.8 Å². The minimum Gasteiger partial charge on any atom is -0.485 e. The number of rotatable bonds is 9. The average molecular weight is 505 g/mol. The molecule has 2 aliphatic rings. The van der Waals surface area contributed by atoms with Crippen molar-refractivity contribution in [3.05, 3.63) is 59.3 Å². The molecular weight excluding hydrogens is 472 g/mol. The lowest BCUT2D eigenvalue weighted by atomic mass is 10.1. The first-order valence-electron chi connectivity index (χ1n) is 12.7. The number of aromatic amines is 1. The van der Waals surface area contributed by atoms with Gasteiger partial charge in [0.25, 0.3) is 5.91 Å². The van der Waals surface area contributed by atoms with Crippen LogP contribution in [-0.2, 0) is 11.2 Å². The molecule has 1 N–H and O–H groups in total. The molecule has 1 amide bonds. The molecule has 188 valence electrons. The Balaban J connectivity index is 1.16. The number of aryl methyl sites for hydroxylation is 1. The van der Waals surface area contributed by atoms with Gasteiger partial charge in [0.2, 0.25) is 0 Å². The zero-order valence-electron chi connectivity index (χ0n) is 20.7. The topological polar surface area (TPSA) is 81.6 Å². The average Bonchev–Trinajstić information content (AvgIpc) is 3.29. The molecule has 2 aromatic carbocycles. The Hall–Kier alpha value is -2.99. The summed E-state index contributed by atoms with van der Waals surface area (Å²) < 4.78 is 11.3. The van der Waals surface area contributed by atoms with Gasteiger partial charge in [0.1, 0.15) is 11.9 Å². The van der Waals surface area contributed by atoms with Gasteiger partial charge in [-0.2, -0.15) is 5.26 Å². The van der Waals surface area contributed by atoms with Gasteiger partial charge in [-0.1, -0.05) is 6.92 Å². The maximum Gasteiger partial charge on any atom is 0.257 e. The lowest BCUT2D eigenvalue weighted by Crippen LogP contribution is -2.49. The van der Waals surface area contributed by atoms with E-state index in [0.717, 1.165) is 54.0 Å². The number of carbonyl (C=O) groups is 1. The van der Waals surface area contributed by atoms with E-state index < -0.39 is 0 Å². The van der Waals surface area contributed by atoms with E-state index in [1.54, 1.807) is 11.8 Å². The molecule has 2 aliphatic heterocycles. The van der Waals surface area contributed by atoms with Crippen molar-refractivity contribution < 1.29 is 14.3 Å². The SMILES string of the molecule is CCSc1ccc(OC2COC2)c(C(=O)N2CCN(CCCc3c[nH]c4ccc(C#N)cc34)CC2)c1. The van der Waals surface area contributed by atoms with Crippen LogP contribution in [0.15, 0.2) is 47.5 Å². The first-order chi connectivity index (χ1) is 17.6. The number of H-pyrrole nitrogens is 1. The zero-order chi connectivity index (χ0) is 24.9. The van der Waals surface area contributed by atoms with Crippen LogP contribution in [0.25, 0.3) is 10.9 Å². The highest BCUT2D eigenvalue weighted by Crippen LogP contribution is 2.29.